The highest BCUT2D eigenvalue weighted by Crippen LogP contribution is 2.30. The third-order valence-corrected chi connectivity index (χ3v) is 7.09. The molecule has 35 heavy (non-hydrogen) atoms. The Morgan fingerprint density at radius 1 is 1.00 bits per heavy atom. The molecule has 1 N–H and O–H groups in total. The Hall–Kier alpha value is -2.57. The molecule has 0 saturated heterocycles. The van der Waals surface area contributed by atoms with Gasteiger partial charge in [0, 0.05) is 42.6 Å². The highest BCUT2D eigenvalue weighted by atomic mass is 32.1. The lowest BCUT2D eigenvalue weighted by Crippen LogP contribution is -2.14. The van der Waals surface area contributed by atoms with E-state index in [1.54, 1.807) is 11.3 Å². The van der Waals surface area contributed by atoms with E-state index in [0.29, 0.717) is 11.6 Å². The zero-order chi connectivity index (χ0) is 24.7. The number of hydrogen-bond acceptors (Lipinski definition) is 5. The SMILES string of the molecule is CCCOCCCc1ccccc1NC(=O)c1csc(C(CCC)CCCCc2cccnc2)n1. The molecule has 1 aromatic carbocycles. The Labute approximate surface area is 214 Å². The van der Waals surface area contributed by atoms with E-state index in [1.807, 2.05) is 42.0 Å². The van der Waals surface area contributed by atoms with Gasteiger partial charge in [-0.25, -0.2) is 4.98 Å². The predicted molar refractivity (Wildman–Crippen MR) is 145 cm³/mol. The summed E-state index contributed by atoms with van der Waals surface area (Å²) in [6, 6.07) is 12.2. The number of thiazole rings is 1. The van der Waals surface area contributed by atoms with Crippen molar-refractivity contribution in [3.05, 3.63) is 76.0 Å². The standard InChI is InChI=1S/C29H39N3O2S/c1-3-11-25(15-6-5-12-23-13-9-18-30-21-23)29-32-27(22-35-29)28(33)31-26-17-8-7-14-24(26)16-10-20-34-19-4-2/h7-9,13-14,17-18,21-22,25H,3-6,10-12,15-16,19-20H2,1-2H3,(H,31,33). The third kappa shape index (κ3) is 9.19. The molecule has 0 aliphatic rings. The summed E-state index contributed by atoms with van der Waals surface area (Å²) in [5, 5.41) is 6.08. The number of amides is 1. The first-order valence-electron chi connectivity index (χ1n) is 13.0. The summed E-state index contributed by atoms with van der Waals surface area (Å²) >= 11 is 1.62. The van der Waals surface area contributed by atoms with Crippen LogP contribution in [-0.2, 0) is 17.6 Å². The van der Waals surface area contributed by atoms with E-state index in [1.165, 1.54) is 5.56 Å². The summed E-state index contributed by atoms with van der Waals surface area (Å²) in [4.78, 5) is 22.0. The number of pyridine rings is 1. The van der Waals surface area contributed by atoms with Crippen LogP contribution in [0.1, 0.15) is 91.3 Å². The number of carbonyl (C=O) groups is 1. The second-order valence-electron chi connectivity index (χ2n) is 8.99. The molecular formula is C29H39N3O2S. The van der Waals surface area contributed by atoms with Crippen LogP contribution < -0.4 is 5.32 Å². The predicted octanol–water partition coefficient (Wildman–Crippen LogP) is 7.45. The van der Waals surface area contributed by atoms with Gasteiger partial charge in [0.25, 0.3) is 5.91 Å². The maximum Gasteiger partial charge on any atom is 0.275 e. The Morgan fingerprint density at radius 2 is 1.89 bits per heavy atom. The van der Waals surface area contributed by atoms with Gasteiger partial charge < -0.3 is 10.1 Å². The highest BCUT2D eigenvalue weighted by Gasteiger charge is 2.18. The van der Waals surface area contributed by atoms with Gasteiger partial charge in [-0.1, -0.05) is 51.0 Å². The maximum absolute atomic E-state index is 13.0. The number of aryl methyl sites for hydroxylation is 2. The fraction of sp³-hybridized carbons (Fsp3) is 0.483. The zero-order valence-corrected chi connectivity index (χ0v) is 22.0. The Morgan fingerprint density at radius 3 is 2.69 bits per heavy atom. The van der Waals surface area contributed by atoms with Crippen molar-refractivity contribution in [2.75, 3.05) is 18.5 Å². The van der Waals surface area contributed by atoms with Crippen molar-refractivity contribution < 1.29 is 9.53 Å². The Balaban J connectivity index is 1.53. The Kier molecular flexibility index (Phi) is 11.9. The summed E-state index contributed by atoms with van der Waals surface area (Å²) < 4.78 is 5.60. The first kappa shape index (κ1) is 27.0. The molecule has 0 fully saturated rings. The lowest BCUT2D eigenvalue weighted by Gasteiger charge is -2.13. The summed E-state index contributed by atoms with van der Waals surface area (Å²) in [7, 11) is 0. The molecule has 1 unspecified atom stereocenters. The number of unbranched alkanes of at least 4 members (excludes halogenated alkanes) is 1. The third-order valence-electron chi connectivity index (χ3n) is 6.08. The van der Waals surface area contributed by atoms with Gasteiger partial charge in [-0.2, -0.15) is 0 Å². The minimum absolute atomic E-state index is 0.131. The number of nitrogens with zero attached hydrogens (tertiary/aromatic N) is 2. The lowest BCUT2D eigenvalue weighted by molar-refractivity contribution is 0.102. The molecule has 6 heteroatoms. The normalized spacial score (nSPS) is 11.9. The molecule has 2 aromatic heterocycles. The summed E-state index contributed by atoms with van der Waals surface area (Å²) in [6.45, 7) is 5.87. The van der Waals surface area contributed by atoms with Crippen LogP contribution in [-0.4, -0.2) is 29.1 Å². The molecular weight excluding hydrogens is 454 g/mol. The zero-order valence-electron chi connectivity index (χ0n) is 21.2. The van der Waals surface area contributed by atoms with Gasteiger partial charge in [-0.3, -0.25) is 9.78 Å². The van der Waals surface area contributed by atoms with E-state index >= 15 is 0 Å². The van der Waals surface area contributed by atoms with Gasteiger partial charge >= 0.3 is 0 Å². The molecule has 0 aliphatic carbocycles. The molecule has 2 heterocycles. The van der Waals surface area contributed by atoms with E-state index in [2.05, 4.69) is 36.3 Å². The van der Waals surface area contributed by atoms with Crippen LogP contribution in [0.4, 0.5) is 5.69 Å². The summed E-state index contributed by atoms with van der Waals surface area (Å²) in [6.07, 6.45) is 13.3. The maximum atomic E-state index is 13.0. The fourth-order valence-corrected chi connectivity index (χ4v) is 5.21. The van der Waals surface area contributed by atoms with Gasteiger partial charge in [0.1, 0.15) is 5.69 Å². The molecule has 0 aliphatic heterocycles. The van der Waals surface area contributed by atoms with Crippen molar-refractivity contribution in [2.24, 2.45) is 0 Å². The topological polar surface area (TPSA) is 64.1 Å². The van der Waals surface area contributed by atoms with Gasteiger partial charge in [0.2, 0.25) is 0 Å². The molecule has 0 bridgehead atoms. The molecule has 0 radical (unpaired) electrons. The summed E-state index contributed by atoms with van der Waals surface area (Å²) in [5.74, 6) is 0.282. The summed E-state index contributed by atoms with van der Waals surface area (Å²) in [5.41, 5.74) is 3.81. The van der Waals surface area contributed by atoms with Crippen LogP contribution in [0.5, 0.6) is 0 Å². The van der Waals surface area contributed by atoms with Crippen molar-refractivity contribution >= 4 is 22.9 Å². The number of hydrogen-bond donors (Lipinski definition) is 1. The lowest BCUT2D eigenvalue weighted by atomic mass is 9.96. The molecule has 3 aromatic rings. The smallest absolute Gasteiger partial charge is 0.275 e. The van der Waals surface area contributed by atoms with E-state index in [4.69, 9.17) is 9.72 Å². The number of carbonyl (C=O) groups excluding carboxylic acids is 1. The molecule has 5 nitrogen and oxygen atoms in total. The highest BCUT2D eigenvalue weighted by molar-refractivity contribution is 7.09. The molecule has 188 valence electrons. The van der Waals surface area contributed by atoms with E-state index in [-0.39, 0.29) is 5.91 Å². The number of benzene rings is 1. The number of nitrogens with one attached hydrogen (secondary N) is 1. The first-order valence-corrected chi connectivity index (χ1v) is 13.9. The monoisotopic (exact) mass is 493 g/mol. The second kappa shape index (κ2) is 15.4. The average Bonchev–Trinajstić information content (AvgIpc) is 3.38. The largest absolute Gasteiger partial charge is 0.381 e. The van der Waals surface area contributed by atoms with Crippen molar-refractivity contribution in [1.82, 2.24) is 9.97 Å². The molecule has 1 amide bonds. The molecule has 3 rings (SSSR count). The quantitative estimate of drug-likeness (QED) is 0.211. The minimum Gasteiger partial charge on any atom is -0.381 e. The van der Waals surface area contributed by atoms with Gasteiger partial charge in [0.15, 0.2) is 0 Å². The number of ether oxygens (including phenoxy) is 1. The fourth-order valence-electron chi connectivity index (χ4n) is 4.24. The van der Waals surface area contributed by atoms with Crippen LogP contribution in [0.3, 0.4) is 0 Å². The van der Waals surface area contributed by atoms with Gasteiger partial charge in [-0.05, 0) is 68.2 Å². The van der Waals surface area contributed by atoms with E-state index in [0.717, 1.165) is 87.3 Å². The van der Waals surface area contributed by atoms with Crippen molar-refractivity contribution in [3.8, 4) is 0 Å². The second-order valence-corrected chi connectivity index (χ2v) is 9.88. The first-order chi connectivity index (χ1) is 17.2. The van der Waals surface area contributed by atoms with Crippen LogP contribution >= 0.6 is 11.3 Å². The average molecular weight is 494 g/mol. The van der Waals surface area contributed by atoms with Crippen molar-refractivity contribution in [2.45, 2.75) is 77.6 Å². The molecule has 1 atom stereocenters. The minimum atomic E-state index is -0.131. The van der Waals surface area contributed by atoms with Crippen LogP contribution in [0, 0.1) is 0 Å². The number of rotatable bonds is 16. The van der Waals surface area contributed by atoms with Crippen molar-refractivity contribution in [1.29, 1.82) is 0 Å². The van der Waals surface area contributed by atoms with Crippen molar-refractivity contribution in [3.63, 3.8) is 0 Å². The van der Waals surface area contributed by atoms with Gasteiger partial charge in [-0.15, -0.1) is 11.3 Å². The number of aromatic nitrogens is 2. The van der Waals surface area contributed by atoms with Gasteiger partial charge in [0.05, 0.1) is 5.01 Å². The molecule has 0 saturated carbocycles. The van der Waals surface area contributed by atoms with Crippen LogP contribution in [0.2, 0.25) is 0 Å². The van der Waals surface area contributed by atoms with Crippen LogP contribution in [0.25, 0.3) is 0 Å². The number of para-hydroxylation sites is 1. The Bertz CT molecular complexity index is 1010. The van der Waals surface area contributed by atoms with Crippen LogP contribution in [0.15, 0.2) is 54.2 Å². The van der Waals surface area contributed by atoms with E-state index in [9.17, 15) is 4.79 Å². The molecule has 0 spiro atoms. The van der Waals surface area contributed by atoms with E-state index < -0.39 is 0 Å². The number of anilines is 1.